The molecule has 0 bridgehead atoms. The molecule has 0 spiro atoms. The fraction of sp³-hybridized carbons (Fsp3) is 0.782. The highest BCUT2D eigenvalue weighted by Gasteiger charge is 2.24. The van der Waals surface area contributed by atoms with Crippen molar-refractivity contribution in [3.05, 3.63) is 60.8 Å². The summed E-state index contributed by atoms with van der Waals surface area (Å²) in [6.45, 7) is 6.35. The van der Waals surface area contributed by atoms with Crippen molar-refractivity contribution in [3.63, 3.8) is 0 Å². The molecule has 6 heteroatoms. The lowest BCUT2D eigenvalue weighted by molar-refractivity contribution is -0.151. The quantitative estimate of drug-likeness (QED) is 0.0322. The van der Waals surface area contributed by atoms with Crippen molar-refractivity contribution in [2.24, 2.45) is 0 Å². The summed E-state index contributed by atoms with van der Waals surface area (Å²) < 4.78 is 5.91. The van der Waals surface area contributed by atoms with Crippen LogP contribution in [-0.2, 0) is 14.3 Å². The minimum atomic E-state index is -0.796. The summed E-state index contributed by atoms with van der Waals surface area (Å²) in [7, 11) is 0. The highest BCUT2D eigenvalue weighted by Crippen LogP contribution is 2.18. The first kappa shape index (κ1) is 58.6. The molecular weight excluding hydrogens is 755 g/mol. The second-order valence-corrected chi connectivity index (χ2v) is 17.5. The summed E-state index contributed by atoms with van der Waals surface area (Å²) in [6.07, 6.45) is 60.0. The van der Waals surface area contributed by atoms with Crippen molar-refractivity contribution >= 4 is 11.9 Å². The Morgan fingerprint density at radius 3 is 1.28 bits per heavy atom. The minimum absolute atomic E-state index is 0.0561. The topological polar surface area (TPSA) is 95.9 Å². The number of hydrogen-bond acceptors (Lipinski definition) is 5. The lowest BCUT2D eigenvalue weighted by atomic mass is 10.0. The van der Waals surface area contributed by atoms with E-state index in [1.165, 1.54) is 122 Å². The zero-order valence-electron chi connectivity index (χ0n) is 40.3. The van der Waals surface area contributed by atoms with Gasteiger partial charge in [0.05, 0.1) is 25.2 Å². The van der Waals surface area contributed by atoms with Crippen LogP contribution in [0.1, 0.15) is 252 Å². The van der Waals surface area contributed by atoms with E-state index in [0.717, 1.165) is 77.0 Å². The lowest BCUT2D eigenvalue weighted by Crippen LogP contribution is -2.46. The number of carbonyl (C=O) groups excluding carboxylic acids is 2. The molecule has 6 nitrogen and oxygen atoms in total. The van der Waals surface area contributed by atoms with Gasteiger partial charge < -0.3 is 20.3 Å². The largest absolute Gasteiger partial charge is 0.462 e. The smallest absolute Gasteiger partial charge is 0.306 e. The molecular formula is C55H99NO5. The Balaban J connectivity index is 4.66. The van der Waals surface area contributed by atoms with E-state index in [9.17, 15) is 19.8 Å². The average molecular weight is 854 g/mol. The number of rotatable bonds is 46. The van der Waals surface area contributed by atoms with E-state index in [0.29, 0.717) is 25.7 Å². The zero-order valence-corrected chi connectivity index (χ0v) is 40.3. The predicted octanol–water partition coefficient (Wildman–Crippen LogP) is 15.6. The predicted molar refractivity (Wildman–Crippen MR) is 264 cm³/mol. The summed E-state index contributed by atoms with van der Waals surface area (Å²) in [6, 6.07) is -0.711. The van der Waals surface area contributed by atoms with Crippen molar-refractivity contribution in [2.45, 2.75) is 270 Å². The maximum Gasteiger partial charge on any atom is 0.306 e. The summed E-state index contributed by atoms with van der Waals surface area (Å²) in [4.78, 5) is 26.1. The fourth-order valence-corrected chi connectivity index (χ4v) is 7.70. The van der Waals surface area contributed by atoms with Gasteiger partial charge in [-0.3, -0.25) is 9.59 Å². The Labute approximate surface area is 378 Å². The minimum Gasteiger partial charge on any atom is -0.462 e. The first-order valence-corrected chi connectivity index (χ1v) is 26.0. The molecule has 3 atom stereocenters. The third-order valence-corrected chi connectivity index (χ3v) is 11.6. The number of amides is 1. The molecule has 0 aliphatic carbocycles. The van der Waals surface area contributed by atoms with E-state index in [4.69, 9.17) is 4.74 Å². The van der Waals surface area contributed by atoms with Gasteiger partial charge in [0.25, 0.3) is 0 Å². The monoisotopic (exact) mass is 854 g/mol. The van der Waals surface area contributed by atoms with Gasteiger partial charge in [0.15, 0.2) is 0 Å². The maximum atomic E-state index is 13.2. The molecule has 0 aliphatic heterocycles. The molecule has 0 radical (unpaired) electrons. The van der Waals surface area contributed by atoms with Crippen LogP contribution in [0.4, 0.5) is 0 Å². The van der Waals surface area contributed by atoms with Crippen LogP contribution in [0.5, 0.6) is 0 Å². The van der Waals surface area contributed by atoms with Gasteiger partial charge in [0.2, 0.25) is 5.91 Å². The van der Waals surface area contributed by atoms with Crippen LogP contribution in [-0.4, -0.2) is 46.9 Å². The van der Waals surface area contributed by atoms with Crippen molar-refractivity contribution in [1.29, 1.82) is 0 Å². The van der Waals surface area contributed by atoms with Gasteiger partial charge >= 0.3 is 5.97 Å². The zero-order chi connectivity index (χ0) is 44.5. The van der Waals surface area contributed by atoms with Gasteiger partial charge in [-0.1, -0.05) is 236 Å². The summed E-state index contributed by atoms with van der Waals surface area (Å²) >= 11 is 0. The fourth-order valence-electron chi connectivity index (χ4n) is 7.70. The summed E-state index contributed by atoms with van der Waals surface area (Å²) in [5.74, 6) is -0.537. The molecule has 0 aromatic carbocycles. The maximum absolute atomic E-state index is 13.2. The van der Waals surface area contributed by atoms with Gasteiger partial charge in [0, 0.05) is 6.42 Å². The number of carbonyl (C=O) groups is 2. The molecule has 0 aromatic rings. The molecule has 0 saturated carbocycles. The molecule has 0 aromatic heterocycles. The van der Waals surface area contributed by atoms with Crippen molar-refractivity contribution < 1.29 is 24.5 Å². The van der Waals surface area contributed by atoms with Crippen LogP contribution in [0.3, 0.4) is 0 Å². The molecule has 3 unspecified atom stereocenters. The lowest BCUT2D eigenvalue weighted by Gasteiger charge is -2.24. The summed E-state index contributed by atoms with van der Waals surface area (Å²) in [5.41, 5.74) is 0. The number of aliphatic hydroxyl groups is 2. The van der Waals surface area contributed by atoms with E-state index in [1.54, 1.807) is 0 Å². The van der Waals surface area contributed by atoms with Gasteiger partial charge in [-0.15, -0.1) is 0 Å². The molecule has 0 saturated heterocycles. The Bertz CT molecular complexity index is 1090. The van der Waals surface area contributed by atoms with E-state index in [1.807, 2.05) is 0 Å². The first-order chi connectivity index (χ1) is 30.0. The van der Waals surface area contributed by atoms with Gasteiger partial charge in [-0.2, -0.15) is 0 Å². The van der Waals surface area contributed by atoms with Crippen LogP contribution in [0, 0.1) is 0 Å². The third-order valence-electron chi connectivity index (χ3n) is 11.6. The molecule has 1 amide bonds. The van der Waals surface area contributed by atoms with Crippen LogP contribution < -0.4 is 5.32 Å². The van der Waals surface area contributed by atoms with Crippen molar-refractivity contribution in [2.75, 3.05) is 6.61 Å². The number of aliphatic hydroxyl groups excluding tert-OH is 2. The Hall–Kier alpha value is -2.44. The molecule has 0 fully saturated rings. The highest BCUT2D eigenvalue weighted by atomic mass is 16.5. The Morgan fingerprint density at radius 2 is 0.869 bits per heavy atom. The van der Waals surface area contributed by atoms with Crippen LogP contribution in [0.25, 0.3) is 0 Å². The van der Waals surface area contributed by atoms with E-state index in [2.05, 4.69) is 86.8 Å². The second kappa shape index (κ2) is 48.6. The third kappa shape index (κ3) is 44.0. The first-order valence-electron chi connectivity index (χ1n) is 26.0. The van der Waals surface area contributed by atoms with E-state index < -0.39 is 18.2 Å². The van der Waals surface area contributed by atoms with Gasteiger partial charge in [-0.25, -0.2) is 0 Å². The Morgan fingerprint density at radius 1 is 0.492 bits per heavy atom. The molecule has 354 valence electrons. The number of hydrogen-bond donors (Lipinski definition) is 3. The molecule has 3 N–H and O–H groups in total. The SMILES string of the molecule is CC/C=C\C/C=C\C/C=C\C/C=C\C/C=C\CCCC(=O)OC(CCCCCCCCCCCCCCCCC)CC(=O)NC(CO)C(O)CCCCCCCCCCCC. The average Bonchev–Trinajstić information content (AvgIpc) is 3.25. The number of nitrogens with one attached hydrogen (secondary N) is 1. The Kier molecular flexibility index (Phi) is 46.6. The standard InChI is InChI=1S/C55H99NO5/c1-4-7-10-13-16-19-22-24-26-27-29-31-33-36-39-42-45-48-55(60)61-51(46-43-40-37-34-32-30-28-25-23-20-17-14-11-8-5-2)49-54(59)56-52(50-57)53(58)47-44-41-38-35-21-18-15-12-9-6-3/h7,10,16,19,24,26,29,31,36,39,51-53,57-58H,4-6,8-9,11-15,17-18,20-23,25,27-28,30,32-35,37-38,40-50H2,1-3H3,(H,56,59)/b10-7-,19-16-,26-24-,31-29-,39-36-. The molecule has 61 heavy (non-hydrogen) atoms. The van der Waals surface area contributed by atoms with E-state index >= 15 is 0 Å². The highest BCUT2D eigenvalue weighted by molar-refractivity contribution is 5.77. The van der Waals surface area contributed by atoms with Crippen LogP contribution in [0.15, 0.2) is 60.8 Å². The molecule has 0 rings (SSSR count). The van der Waals surface area contributed by atoms with Crippen LogP contribution in [0.2, 0.25) is 0 Å². The van der Waals surface area contributed by atoms with Crippen molar-refractivity contribution in [3.8, 4) is 0 Å². The van der Waals surface area contributed by atoms with Crippen LogP contribution >= 0.6 is 0 Å². The van der Waals surface area contributed by atoms with Gasteiger partial charge in [0.1, 0.15) is 6.10 Å². The number of unbranched alkanes of at least 4 members (excludes halogenated alkanes) is 24. The van der Waals surface area contributed by atoms with E-state index in [-0.39, 0.29) is 24.9 Å². The number of allylic oxidation sites excluding steroid dienone is 10. The van der Waals surface area contributed by atoms with Gasteiger partial charge in [-0.05, 0) is 64.2 Å². The molecule has 0 heterocycles. The number of ether oxygens (including phenoxy) is 1. The molecule has 0 aliphatic rings. The normalized spacial score (nSPS) is 13.7. The number of esters is 1. The van der Waals surface area contributed by atoms with Crippen molar-refractivity contribution in [1.82, 2.24) is 5.32 Å². The second-order valence-electron chi connectivity index (χ2n) is 17.5. The summed E-state index contributed by atoms with van der Waals surface area (Å²) in [5, 5.41) is 23.7.